The van der Waals surface area contributed by atoms with Crippen LogP contribution in [0.1, 0.15) is 6.42 Å². The molecule has 5 heteroatoms. The average molecular weight is 132 g/mol. The Labute approximate surface area is 48.7 Å². The quantitative estimate of drug-likeness (QED) is 0.371. The third-order valence-corrected chi connectivity index (χ3v) is 0.960. The van der Waals surface area contributed by atoms with Crippen molar-refractivity contribution in [3.05, 3.63) is 0 Å². The van der Waals surface area contributed by atoms with Crippen molar-refractivity contribution in [2.24, 2.45) is 0 Å². The third-order valence-electron chi connectivity index (χ3n) is 0.478. The summed E-state index contributed by atoms with van der Waals surface area (Å²) >= 11 is 0. The Balaban J connectivity index is 2.85. The summed E-state index contributed by atoms with van der Waals surface area (Å²) in [7, 11) is -2.51. The molecular weight excluding hydrogens is 127 g/mol. The first-order valence-corrected chi connectivity index (χ1v) is 3.20. The summed E-state index contributed by atoms with van der Waals surface area (Å²) in [6.07, 6.45) is 0.226. The van der Waals surface area contributed by atoms with Crippen LogP contribution < -0.4 is 14.9 Å². The van der Waals surface area contributed by atoms with Crippen molar-refractivity contribution >= 4 is 8.53 Å². The molecule has 0 spiro atoms. The molecule has 0 saturated heterocycles. The third kappa shape index (κ3) is 5.80. The van der Waals surface area contributed by atoms with Crippen LogP contribution in [0.15, 0.2) is 0 Å². The molecule has 0 heterocycles. The zero-order valence-corrected chi connectivity index (χ0v) is 5.02. The van der Waals surface area contributed by atoms with Gasteiger partial charge in [-0.2, -0.15) is 5.26 Å². The number of nitriles is 1. The van der Waals surface area contributed by atoms with Gasteiger partial charge >= 0.3 is 0 Å². The number of nitrogens with one attached hydrogen (secondary N) is 1. The number of hydrogen-bond donors (Lipinski definition) is 1. The maximum atomic E-state index is 9.69. The molecule has 0 aliphatic rings. The normalized spacial score (nSPS) is 9.25. The summed E-state index contributed by atoms with van der Waals surface area (Å²) in [6.45, 7) is 0.217. The molecule has 0 aromatic heterocycles. The first-order chi connectivity index (χ1) is 3.77. The SMILES string of the molecule is N#CCCNP([O-])[O-]. The van der Waals surface area contributed by atoms with Gasteiger partial charge in [-0.15, -0.1) is 0 Å². The molecule has 1 N–H and O–H groups in total. The van der Waals surface area contributed by atoms with Crippen LogP contribution in [-0.2, 0) is 0 Å². The summed E-state index contributed by atoms with van der Waals surface area (Å²) in [5.74, 6) is 0. The number of rotatable bonds is 3. The topological polar surface area (TPSA) is 81.9 Å². The lowest BCUT2D eigenvalue weighted by atomic mass is 10.5. The first-order valence-electron chi connectivity index (χ1n) is 2.02. The highest BCUT2D eigenvalue weighted by molar-refractivity contribution is 7.39. The predicted octanol–water partition coefficient (Wildman–Crippen LogP) is -1.56. The van der Waals surface area contributed by atoms with Gasteiger partial charge in [0.15, 0.2) is 0 Å². The van der Waals surface area contributed by atoms with E-state index in [4.69, 9.17) is 5.26 Å². The van der Waals surface area contributed by atoms with E-state index < -0.39 is 8.53 Å². The van der Waals surface area contributed by atoms with Crippen molar-refractivity contribution in [3.63, 3.8) is 0 Å². The van der Waals surface area contributed by atoms with E-state index in [-0.39, 0.29) is 13.0 Å². The zero-order valence-electron chi connectivity index (χ0n) is 4.13. The van der Waals surface area contributed by atoms with Gasteiger partial charge in [0, 0.05) is 13.0 Å². The Morgan fingerprint density at radius 1 is 1.62 bits per heavy atom. The predicted molar refractivity (Wildman–Crippen MR) is 25.2 cm³/mol. The lowest BCUT2D eigenvalue weighted by molar-refractivity contribution is -0.296. The van der Waals surface area contributed by atoms with E-state index in [0.717, 1.165) is 0 Å². The van der Waals surface area contributed by atoms with E-state index in [1.54, 1.807) is 6.07 Å². The van der Waals surface area contributed by atoms with Crippen molar-refractivity contribution in [3.8, 4) is 6.07 Å². The van der Waals surface area contributed by atoms with Crippen molar-refractivity contribution in [2.75, 3.05) is 6.54 Å². The van der Waals surface area contributed by atoms with Gasteiger partial charge in [-0.25, -0.2) is 8.53 Å². The highest BCUT2D eigenvalue weighted by Crippen LogP contribution is 1.99. The van der Waals surface area contributed by atoms with E-state index in [1.165, 1.54) is 0 Å². The summed E-state index contributed by atoms with van der Waals surface area (Å²) < 4.78 is 0. The van der Waals surface area contributed by atoms with Crippen LogP contribution in [0.2, 0.25) is 0 Å². The second-order valence-electron chi connectivity index (χ2n) is 1.07. The molecule has 8 heavy (non-hydrogen) atoms. The van der Waals surface area contributed by atoms with Gasteiger partial charge < -0.3 is 14.9 Å². The van der Waals surface area contributed by atoms with E-state index in [0.29, 0.717) is 0 Å². The largest absolute Gasteiger partial charge is 0.830 e. The Morgan fingerprint density at radius 2 is 2.25 bits per heavy atom. The second kappa shape index (κ2) is 4.95. The second-order valence-corrected chi connectivity index (χ2v) is 1.90. The van der Waals surface area contributed by atoms with Crippen molar-refractivity contribution < 1.29 is 9.79 Å². The fourth-order valence-corrected chi connectivity index (χ4v) is 0.497. The lowest BCUT2D eigenvalue weighted by Gasteiger charge is -2.30. The molecule has 0 aromatic carbocycles. The molecule has 4 nitrogen and oxygen atoms in total. The Morgan fingerprint density at radius 3 is 2.62 bits per heavy atom. The van der Waals surface area contributed by atoms with E-state index >= 15 is 0 Å². The number of nitrogens with zero attached hydrogens (tertiary/aromatic N) is 1. The maximum Gasteiger partial charge on any atom is 0.0635 e. The van der Waals surface area contributed by atoms with Crippen LogP contribution in [0, 0.1) is 11.3 Å². The van der Waals surface area contributed by atoms with Crippen LogP contribution >= 0.6 is 8.53 Å². The van der Waals surface area contributed by atoms with Gasteiger partial charge in [0.25, 0.3) is 0 Å². The zero-order chi connectivity index (χ0) is 6.41. The molecule has 0 fully saturated rings. The fourth-order valence-electron chi connectivity index (χ4n) is 0.203. The smallest absolute Gasteiger partial charge is 0.0635 e. The molecule has 0 atom stereocenters. The molecule has 0 aromatic rings. The van der Waals surface area contributed by atoms with Crippen molar-refractivity contribution in [2.45, 2.75) is 6.42 Å². The van der Waals surface area contributed by atoms with Crippen LogP contribution in [0.3, 0.4) is 0 Å². The highest BCUT2D eigenvalue weighted by Gasteiger charge is 1.76. The molecule has 0 saturated carbocycles. The fraction of sp³-hybridized carbons (Fsp3) is 0.667. The minimum absolute atomic E-state index is 0.217. The standard InChI is InChI=1S/C3H5N2O2P/c4-2-1-3-5-8(6)7/h5H,1,3H2/q-2. The average Bonchev–Trinajstić information content (AvgIpc) is 1.66. The highest BCUT2D eigenvalue weighted by atomic mass is 31.2. The van der Waals surface area contributed by atoms with Crippen molar-refractivity contribution in [1.29, 1.82) is 5.26 Å². The first kappa shape index (κ1) is 7.80. The number of hydrogen-bond acceptors (Lipinski definition) is 4. The molecule has 0 bridgehead atoms. The van der Waals surface area contributed by atoms with Crippen molar-refractivity contribution in [1.82, 2.24) is 5.09 Å². The van der Waals surface area contributed by atoms with Gasteiger partial charge in [0.05, 0.1) is 6.07 Å². The van der Waals surface area contributed by atoms with Gasteiger partial charge in [-0.3, -0.25) is 0 Å². The lowest BCUT2D eigenvalue weighted by Crippen LogP contribution is -2.23. The monoisotopic (exact) mass is 132 g/mol. The van der Waals surface area contributed by atoms with E-state index in [9.17, 15) is 9.79 Å². The molecule has 0 unspecified atom stereocenters. The summed E-state index contributed by atoms with van der Waals surface area (Å²) in [4.78, 5) is 19.4. The van der Waals surface area contributed by atoms with Gasteiger partial charge in [-0.1, -0.05) is 0 Å². The summed E-state index contributed by atoms with van der Waals surface area (Å²) in [6, 6.07) is 1.79. The molecule has 0 rings (SSSR count). The molecule has 0 amide bonds. The van der Waals surface area contributed by atoms with E-state index in [1.807, 2.05) is 0 Å². The molecular formula is C3H5N2O2P-2. The van der Waals surface area contributed by atoms with E-state index in [2.05, 4.69) is 5.09 Å². The van der Waals surface area contributed by atoms with Gasteiger partial charge in [0.2, 0.25) is 0 Å². The Kier molecular flexibility index (Phi) is 4.82. The van der Waals surface area contributed by atoms with Crippen LogP contribution in [0.4, 0.5) is 0 Å². The molecule has 0 aliphatic carbocycles. The van der Waals surface area contributed by atoms with Crippen LogP contribution in [-0.4, -0.2) is 6.54 Å². The summed E-state index contributed by atoms with van der Waals surface area (Å²) in [5.41, 5.74) is 0. The van der Waals surface area contributed by atoms with Crippen LogP contribution in [0.25, 0.3) is 0 Å². The summed E-state index contributed by atoms with van der Waals surface area (Å²) in [5, 5.41) is 9.97. The Hall–Kier alpha value is -0.200. The Bertz CT molecular complexity index is 89.8. The van der Waals surface area contributed by atoms with Gasteiger partial charge in [0.1, 0.15) is 0 Å². The van der Waals surface area contributed by atoms with Gasteiger partial charge in [-0.05, 0) is 0 Å². The van der Waals surface area contributed by atoms with Crippen LogP contribution in [0.5, 0.6) is 0 Å². The maximum absolute atomic E-state index is 9.69. The minimum Gasteiger partial charge on any atom is -0.830 e. The minimum atomic E-state index is -2.51. The molecule has 46 valence electrons. The molecule has 0 aliphatic heterocycles. The molecule has 0 radical (unpaired) electrons.